The average Bonchev–Trinajstić information content (AvgIpc) is 2.70. The van der Waals surface area contributed by atoms with Crippen LogP contribution < -0.4 is 4.90 Å². The lowest BCUT2D eigenvalue weighted by atomic mass is 10.0. The summed E-state index contributed by atoms with van der Waals surface area (Å²) in [5.41, 5.74) is 3.33. The molecule has 2 aliphatic rings. The minimum Gasteiger partial charge on any atom is -0.324 e. The third-order valence-electron chi connectivity index (χ3n) is 4.79. The van der Waals surface area contributed by atoms with E-state index in [1.165, 1.54) is 5.56 Å². The molecule has 2 aliphatic heterocycles. The molecular formula is C20H26FN5. The molecule has 1 fully saturated rings. The maximum atomic E-state index is 12.3. The molecule has 0 bridgehead atoms. The van der Waals surface area contributed by atoms with Crippen LogP contribution in [0.15, 0.2) is 37.6 Å². The van der Waals surface area contributed by atoms with E-state index in [1.807, 2.05) is 31.7 Å². The van der Waals surface area contributed by atoms with Crippen molar-refractivity contribution in [2.75, 3.05) is 31.6 Å². The number of rotatable bonds is 2. The van der Waals surface area contributed by atoms with Gasteiger partial charge in [-0.2, -0.15) is 0 Å². The van der Waals surface area contributed by atoms with E-state index in [-0.39, 0.29) is 0 Å². The average molecular weight is 355 g/mol. The number of fused-ring (bicyclic) bond motifs is 1. The first kappa shape index (κ1) is 18.5. The number of likely N-dealkylation sites (tertiary alicyclic amines) is 1. The van der Waals surface area contributed by atoms with Crippen LogP contribution in [-0.4, -0.2) is 52.7 Å². The summed E-state index contributed by atoms with van der Waals surface area (Å²) in [5.74, 6) is 1.02. The van der Waals surface area contributed by atoms with Gasteiger partial charge in [0.1, 0.15) is 18.3 Å². The number of piperidine rings is 1. The van der Waals surface area contributed by atoms with Crippen molar-refractivity contribution in [1.29, 1.82) is 0 Å². The predicted molar refractivity (Wildman–Crippen MR) is 103 cm³/mol. The number of aromatic nitrogens is 3. The third-order valence-corrected chi connectivity index (χ3v) is 4.79. The fourth-order valence-corrected chi connectivity index (χ4v) is 3.25. The van der Waals surface area contributed by atoms with E-state index in [0.29, 0.717) is 0 Å². The minimum absolute atomic E-state index is 0.522. The minimum atomic E-state index is -0.522. The van der Waals surface area contributed by atoms with Crippen molar-refractivity contribution in [3.63, 3.8) is 0 Å². The fraction of sp³-hybridized carbons (Fsp3) is 0.450. The van der Waals surface area contributed by atoms with Gasteiger partial charge in [0.2, 0.25) is 0 Å². The van der Waals surface area contributed by atoms with Gasteiger partial charge in [-0.05, 0) is 49.9 Å². The zero-order valence-electron chi connectivity index (χ0n) is 15.3. The van der Waals surface area contributed by atoms with Gasteiger partial charge in [-0.25, -0.2) is 19.3 Å². The molecule has 0 spiro atoms. The lowest BCUT2D eigenvalue weighted by Crippen LogP contribution is -2.30. The highest BCUT2D eigenvalue weighted by atomic mass is 19.1. The Kier molecular flexibility index (Phi) is 6.28. The van der Waals surface area contributed by atoms with E-state index in [4.69, 9.17) is 0 Å². The Hall–Kier alpha value is -2.34. The summed E-state index contributed by atoms with van der Waals surface area (Å²) < 4.78 is 12.3. The van der Waals surface area contributed by atoms with Crippen molar-refractivity contribution in [2.45, 2.75) is 31.9 Å². The van der Waals surface area contributed by atoms with E-state index < -0.39 is 6.17 Å². The number of aryl methyl sites for hydroxylation is 1. The highest BCUT2D eigenvalue weighted by molar-refractivity contribution is 5.64. The van der Waals surface area contributed by atoms with Gasteiger partial charge in [0.05, 0.1) is 18.1 Å². The number of anilines is 2. The number of hydrogen-bond donors (Lipinski definition) is 0. The molecule has 6 heteroatoms. The number of alkyl halides is 1. The third kappa shape index (κ3) is 4.64. The molecule has 2 aromatic rings. The van der Waals surface area contributed by atoms with Gasteiger partial charge in [-0.3, -0.25) is 0 Å². The maximum Gasteiger partial charge on any atom is 0.136 e. The van der Waals surface area contributed by atoms with Crippen LogP contribution in [0, 0.1) is 0 Å². The first-order valence-corrected chi connectivity index (χ1v) is 9.14. The van der Waals surface area contributed by atoms with Crippen LogP contribution in [0.25, 0.3) is 6.08 Å². The number of halogens is 1. The van der Waals surface area contributed by atoms with Gasteiger partial charge in [-0.1, -0.05) is 12.7 Å². The SMILES string of the molecule is C=Cc1cnc2c(c1)CCCN2c1cncnc1.CN1CCC(F)CC1. The summed E-state index contributed by atoms with van der Waals surface area (Å²) in [6, 6.07) is 2.16. The number of hydrogen-bond acceptors (Lipinski definition) is 5. The van der Waals surface area contributed by atoms with Gasteiger partial charge < -0.3 is 9.80 Å². The van der Waals surface area contributed by atoms with E-state index >= 15 is 0 Å². The summed E-state index contributed by atoms with van der Waals surface area (Å²) in [5, 5.41) is 0. The molecule has 0 radical (unpaired) electrons. The molecular weight excluding hydrogens is 329 g/mol. The molecule has 5 nitrogen and oxygen atoms in total. The van der Waals surface area contributed by atoms with E-state index in [1.54, 1.807) is 6.33 Å². The molecule has 0 atom stereocenters. The highest BCUT2D eigenvalue weighted by Crippen LogP contribution is 2.31. The normalized spacial score (nSPS) is 17.8. The highest BCUT2D eigenvalue weighted by Gasteiger charge is 2.20. The molecule has 0 amide bonds. The zero-order chi connectivity index (χ0) is 18.4. The second kappa shape index (κ2) is 8.85. The van der Waals surface area contributed by atoms with Crippen LogP contribution in [0.2, 0.25) is 0 Å². The van der Waals surface area contributed by atoms with E-state index in [2.05, 4.69) is 37.4 Å². The summed E-state index contributed by atoms with van der Waals surface area (Å²) >= 11 is 0. The molecule has 4 heterocycles. The van der Waals surface area contributed by atoms with E-state index in [9.17, 15) is 4.39 Å². The van der Waals surface area contributed by atoms with Crippen molar-refractivity contribution in [1.82, 2.24) is 19.9 Å². The topological polar surface area (TPSA) is 45.2 Å². The fourth-order valence-electron chi connectivity index (χ4n) is 3.25. The Morgan fingerprint density at radius 1 is 1.15 bits per heavy atom. The van der Waals surface area contributed by atoms with Crippen LogP contribution in [0.5, 0.6) is 0 Å². The lowest BCUT2D eigenvalue weighted by Gasteiger charge is -2.29. The number of nitrogens with zero attached hydrogens (tertiary/aromatic N) is 5. The molecule has 138 valence electrons. The largest absolute Gasteiger partial charge is 0.324 e. The molecule has 0 aromatic carbocycles. The van der Waals surface area contributed by atoms with Gasteiger partial charge in [0.15, 0.2) is 0 Å². The Morgan fingerprint density at radius 3 is 2.54 bits per heavy atom. The van der Waals surface area contributed by atoms with Crippen LogP contribution >= 0.6 is 0 Å². The molecule has 0 N–H and O–H groups in total. The van der Waals surface area contributed by atoms with Gasteiger partial charge in [0.25, 0.3) is 0 Å². The molecule has 0 unspecified atom stereocenters. The van der Waals surface area contributed by atoms with Crippen LogP contribution in [0.3, 0.4) is 0 Å². The molecule has 1 saturated heterocycles. The summed E-state index contributed by atoms with van der Waals surface area (Å²) in [4.78, 5) is 17.0. The second-order valence-corrected chi connectivity index (χ2v) is 6.79. The summed E-state index contributed by atoms with van der Waals surface area (Å²) in [6.45, 7) is 6.61. The first-order valence-electron chi connectivity index (χ1n) is 9.14. The molecule has 4 rings (SSSR count). The van der Waals surface area contributed by atoms with Crippen molar-refractivity contribution in [2.24, 2.45) is 0 Å². The second-order valence-electron chi connectivity index (χ2n) is 6.79. The smallest absolute Gasteiger partial charge is 0.136 e. The Balaban J connectivity index is 0.000000206. The summed E-state index contributed by atoms with van der Waals surface area (Å²) in [6.07, 6.45) is 12.0. The molecule has 0 saturated carbocycles. The van der Waals surface area contributed by atoms with Crippen molar-refractivity contribution in [3.05, 3.63) is 48.7 Å². The lowest BCUT2D eigenvalue weighted by molar-refractivity contribution is 0.174. The molecule has 0 aliphatic carbocycles. The van der Waals surface area contributed by atoms with Crippen molar-refractivity contribution < 1.29 is 4.39 Å². The Labute approximate surface area is 154 Å². The van der Waals surface area contributed by atoms with Crippen molar-refractivity contribution >= 4 is 17.6 Å². The van der Waals surface area contributed by atoms with Crippen LogP contribution in [0.4, 0.5) is 15.9 Å². The summed E-state index contributed by atoms with van der Waals surface area (Å²) in [7, 11) is 2.03. The van der Waals surface area contributed by atoms with Gasteiger partial charge >= 0.3 is 0 Å². The first-order chi connectivity index (χ1) is 12.7. The van der Waals surface area contributed by atoms with E-state index in [0.717, 1.165) is 62.4 Å². The standard InChI is InChI=1S/C14H14N4.C6H12FN/c1-2-11-6-12-4-3-5-18(14(12)17-7-11)13-8-15-10-16-9-13;1-8-4-2-6(7)3-5-8/h2,6-10H,1,3-5H2;6H,2-5H2,1H3. The maximum absolute atomic E-state index is 12.3. The Morgan fingerprint density at radius 2 is 1.88 bits per heavy atom. The monoisotopic (exact) mass is 355 g/mol. The van der Waals surface area contributed by atoms with Crippen molar-refractivity contribution in [3.8, 4) is 0 Å². The zero-order valence-corrected chi connectivity index (χ0v) is 15.3. The number of pyridine rings is 1. The molecule has 2 aromatic heterocycles. The van der Waals surface area contributed by atoms with Crippen LogP contribution in [0.1, 0.15) is 30.4 Å². The molecule has 26 heavy (non-hydrogen) atoms. The Bertz CT molecular complexity index is 703. The van der Waals surface area contributed by atoms with Gasteiger partial charge in [-0.15, -0.1) is 0 Å². The quantitative estimate of drug-likeness (QED) is 0.823. The van der Waals surface area contributed by atoms with Gasteiger partial charge in [0, 0.05) is 25.8 Å². The predicted octanol–water partition coefficient (Wildman–Crippen LogP) is 3.65. The van der Waals surface area contributed by atoms with Crippen LogP contribution in [-0.2, 0) is 6.42 Å².